The highest BCUT2D eigenvalue weighted by atomic mass is 79.9. The first-order valence-corrected chi connectivity index (χ1v) is 10.9. The molecule has 0 radical (unpaired) electrons. The maximum atomic E-state index is 12.8. The van der Waals surface area contributed by atoms with E-state index in [9.17, 15) is 10.1 Å². The lowest BCUT2D eigenvalue weighted by atomic mass is 9.93. The number of carbonyl (C=O) groups excluding carboxylic acids is 1. The van der Waals surface area contributed by atoms with E-state index < -0.39 is 6.10 Å². The average Bonchev–Trinajstić information content (AvgIpc) is 3.41. The Morgan fingerprint density at radius 1 is 1.10 bits per heavy atom. The molecule has 0 saturated heterocycles. The van der Waals surface area contributed by atoms with Crippen molar-refractivity contribution in [3.63, 3.8) is 0 Å². The molecule has 3 atom stereocenters. The normalized spacial score (nSPS) is 29.6. The summed E-state index contributed by atoms with van der Waals surface area (Å²) >= 11 is 6.77. The fourth-order valence-electron chi connectivity index (χ4n) is 4.70. The summed E-state index contributed by atoms with van der Waals surface area (Å²) in [5.41, 5.74) is 0.392. The van der Waals surface area contributed by atoms with Gasteiger partial charge < -0.3 is 9.47 Å². The number of hydrogen-bond acceptors (Lipinski definition) is 4. The van der Waals surface area contributed by atoms with Crippen LogP contribution in [0.25, 0.3) is 0 Å². The largest absolute Gasteiger partial charge is 0.457 e. The van der Waals surface area contributed by atoms with Gasteiger partial charge in [-0.3, -0.25) is 4.79 Å². The molecule has 6 heteroatoms. The maximum Gasteiger partial charge on any atom is 0.311 e. The zero-order valence-electron chi connectivity index (χ0n) is 15.9. The van der Waals surface area contributed by atoms with E-state index in [-0.39, 0.29) is 22.7 Å². The van der Waals surface area contributed by atoms with Gasteiger partial charge in [-0.15, -0.1) is 0 Å². The maximum absolute atomic E-state index is 12.8. The minimum atomic E-state index is -0.967. The van der Waals surface area contributed by atoms with Crippen LogP contribution in [0.15, 0.2) is 64.1 Å². The molecule has 4 nitrogen and oxygen atoms in total. The van der Waals surface area contributed by atoms with Crippen LogP contribution in [-0.4, -0.2) is 5.97 Å². The lowest BCUT2D eigenvalue weighted by Gasteiger charge is -2.19. The predicted octanol–water partition coefficient (Wildman–Crippen LogP) is 6.49. The Labute approximate surface area is 186 Å². The van der Waals surface area contributed by atoms with E-state index in [1.54, 1.807) is 24.3 Å². The summed E-state index contributed by atoms with van der Waals surface area (Å²) < 4.78 is 12.3. The van der Waals surface area contributed by atoms with Crippen molar-refractivity contribution in [3.05, 3.63) is 69.6 Å². The topological polar surface area (TPSA) is 59.3 Å². The molecule has 0 aromatic heterocycles. The van der Waals surface area contributed by atoms with Crippen LogP contribution in [0.1, 0.15) is 25.5 Å². The third-order valence-corrected chi connectivity index (χ3v) is 7.03. The quantitative estimate of drug-likeness (QED) is 0.411. The molecular weight excluding hydrogens is 498 g/mol. The number of hydrogen-bond donors (Lipinski definition) is 0. The fraction of sp³-hybridized carbons (Fsp3) is 0.304. The van der Waals surface area contributed by atoms with Crippen LogP contribution in [0.2, 0.25) is 0 Å². The van der Waals surface area contributed by atoms with Crippen molar-refractivity contribution in [2.75, 3.05) is 0 Å². The number of benzene rings is 2. The van der Waals surface area contributed by atoms with Crippen LogP contribution in [0.4, 0.5) is 0 Å². The molecule has 3 unspecified atom stereocenters. The van der Waals surface area contributed by atoms with Gasteiger partial charge in [-0.25, -0.2) is 0 Å². The number of nitriles is 1. The second-order valence-corrected chi connectivity index (χ2v) is 10.6. The summed E-state index contributed by atoms with van der Waals surface area (Å²) in [5.74, 6) is 1.11. The number of ether oxygens (including phenoxy) is 2. The number of halogens is 2. The Bertz CT molecular complexity index is 1010. The van der Waals surface area contributed by atoms with Gasteiger partial charge in [0.15, 0.2) is 0 Å². The van der Waals surface area contributed by atoms with Crippen molar-refractivity contribution < 1.29 is 14.3 Å². The monoisotopic (exact) mass is 515 g/mol. The zero-order valence-corrected chi connectivity index (χ0v) is 19.1. The molecule has 0 aliphatic heterocycles. The number of fused-ring (bicyclic) bond motifs is 1. The fourth-order valence-corrected chi connectivity index (χ4v) is 5.23. The van der Waals surface area contributed by atoms with Crippen molar-refractivity contribution >= 4 is 37.8 Å². The van der Waals surface area contributed by atoms with E-state index >= 15 is 0 Å². The van der Waals surface area contributed by atoms with E-state index in [0.29, 0.717) is 23.0 Å². The van der Waals surface area contributed by atoms with Gasteiger partial charge in [-0.2, -0.15) is 5.26 Å². The predicted molar refractivity (Wildman–Crippen MR) is 117 cm³/mol. The van der Waals surface area contributed by atoms with E-state index in [1.807, 2.05) is 30.3 Å². The van der Waals surface area contributed by atoms with Gasteiger partial charge in [-0.05, 0) is 72.9 Å². The first kappa shape index (κ1) is 20.2. The van der Waals surface area contributed by atoms with E-state index in [2.05, 4.69) is 57.9 Å². The number of nitrogens with zero attached hydrogens (tertiary/aromatic N) is 1. The van der Waals surface area contributed by atoms with Crippen LogP contribution < -0.4 is 4.74 Å². The Balaban J connectivity index is 1.44. The minimum absolute atomic E-state index is 0.102. The van der Waals surface area contributed by atoms with Crippen molar-refractivity contribution in [1.82, 2.24) is 0 Å². The first-order chi connectivity index (χ1) is 13.8. The molecule has 0 amide bonds. The van der Waals surface area contributed by atoms with Gasteiger partial charge in [0.05, 0.1) is 9.31 Å². The summed E-state index contributed by atoms with van der Waals surface area (Å²) in [5, 5.41) is 9.60. The van der Waals surface area contributed by atoms with Crippen LogP contribution >= 0.6 is 31.9 Å². The molecule has 29 heavy (non-hydrogen) atoms. The second-order valence-electron chi connectivity index (χ2n) is 7.87. The van der Waals surface area contributed by atoms with Crippen LogP contribution in [0, 0.1) is 34.0 Å². The van der Waals surface area contributed by atoms with Crippen LogP contribution in [-0.2, 0) is 9.53 Å². The molecule has 0 spiro atoms. The Morgan fingerprint density at radius 3 is 2.38 bits per heavy atom. The number of allylic oxidation sites excluding steroid dienone is 1. The Morgan fingerprint density at radius 2 is 1.76 bits per heavy atom. The van der Waals surface area contributed by atoms with E-state index in [0.717, 1.165) is 3.39 Å². The molecule has 2 aliphatic carbocycles. The lowest BCUT2D eigenvalue weighted by Crippen LogP contribution is -2.23. The standard InChI is InChI=1S/C23H19Br2NO3/c1-22-18(12-19(24)25)23(22,2)20(22)21(27)29-17(13-26)14-7-6-10-16(11-14)28-15-8-4-3-5-9-15/h3-12,17-18,20H,1-2H3. The molecule has 2 aromatic rings. The van der Waals surface area contributed by atoms with Crippen LogP contribution in [0.5, 0.6) is 11.5 Å². The van der Waals surface area contributed by atoms with Crippen molar-refractivity contribution in [1.29, 1.82) is 5.26 Å². The highest BCUT2D eigenvalue weighted by molar-refractivity contribution is 9.28. The number of para-hydroxylation sites is 1. The second kappa shape index (κ2) is 7.30. The SMILES string of the molecule is CC12C(C=C(Br)Br)C1(C)C2C(=O)OC(C#N)c1cccc(Oc2ccccc2)c1. The molecule has 4 rings (SSSR count). The van der Waals surface area contributed by atoms with Gasteiger partial charge in [0.25, 0.3) is 0 Å². The van der Waals surface area contributed by atoms with Crippen LogP contribution in [0.3, 0.4) is 0 Å². The summed E-state index contributed by atoms with van der Waals surface area (Å²) in [7, 11) is 0. The third kappa shape index (κ3) is 3.31. The van der Waals surface area contributed by atoms with Gasteiger partial charge in [0.2, 0.25) is 6.10 Å². The number of rotatable bonds is 6. The molecule has 2 aliphatic rings. The number of esters is 1. The smallest absolute Gasteiger partial charge is 0.311 e. The van der Waals surface area contributed by atoms with E-state index in [4.69, 9.17) is 9.47 Å². The van der Waals surface area contributed by atoms with Gasteiger partial charge in [0, 0.05) is 5.56 Å². The molecule has 2 fully saturated rings. The zero-order chi connectivity index (χ0) is 20.8. The average molecular weight is 517 g/mol. The minimum Gasteiger partial charge on any atom is -0.457 e. The summed E-state index contributed by atoms with van der Waals surface area (Å²) in [6.07, 6.45) is 1.11. The highest BCUT2D eigenvalue weighted by Crippen LogP contribution is 2.94. The Kier molecular flexibility index (Phi) is 5.08. The third-order valence-electron chi connectivity index (χ3n) is 6.50. The Hall–Kier alpha value is -2.10. The van der Waals surface area contributed by atoms with Crippen molar-refractivity contribution in [2.45, 2.75) is 20.0 Å². The molecular formula is C23H19Br2NO3. The molecule has 0 heterocycles. The lowest BCUT2D eigenvalue weighted by molar-refractivity contribution is -0.151. The molecule has 148 valence electrons. The van der Waals surface area contributed by atoms with Gasteiger partial charge in [0.1, 0.15) is 17.6 Å². The first-order valence-electron chi connectivity index (χ1n) is 9.28. The molecule has 2 aromatic carbocycles. The summed E-state index contributed by atoms with van der Waals surface area (Å²) in [4.78, 5) is 12.8. The molecule has 2 saturated carbocycles. The molecule has 0 N–H and O–H groups in total. The number of carbonyl (C=O) groups is 1. The molecule has 0 bridgehead atoms. The van der Waals surface area contributed by atoms with Gasteiger partial charge in [-0.1, -0.05) is 50.3 Å². The summed E-state index contributed by atoms with van der Waals surface area (Å²) in [6, 6.07) is 18.6. The van der Waals surface area contributed by atoms with Crippen molar-refractivity contribution in [3.8, 4) is 17.6 Å². The summed E-state index contributed by atoms with van der Waals surface area (Å²) in [6.45, 7) is 4.19. The van der Waals surface area contributed by atoms with Crippen molar-refractivity contribution in [2.24, 2.45) is 22.7 Å². The van der Waals surface area contributed by atoms with E-state index in [1.165, 1.54) is 0 Å². The van der Waals surface area contributed by atoms with Gasteiger partial charge >= 0.3 is 5.97 Å². The highest BCUT2D eigenvalue weighted by Gasteiger charge is 2.94.